The van der Waals surface area contributed by atoms with E-state index in [9.17, 15) is 14.4 Å². The zero-order valence-corrected chi connectivity index (χ0v) is 48.8. The summed E-state index contributed by atoms with van der Waals surface area (Å²) < 4.78 is 16.8. The Hall–Kier alpha value is -4.19. The highest BCUT2D eigenvalue weighted by molar-refractivity contribution is 5.71. The Kier molecular flexibility index (Phi) is 58.9. The molecule has 0 fully saturated rings. The molecule has 1 unspecified atom stereocenters. The van der Waals surface area contributed by atoms with Gasteiger partial charge in [-0.25, -0.2) is 0 Å². The van der Waals surface area contributed by atoms with Gasteiger partial charge in [-0.3, -0.25) is 14.4 Å². The van der Waals surface area contributed by atoms with Crippen LogP contribution >= 0.6 is 0 Å². The van der Waals surface area contributed by atoms with Crippen molar-refractivity contribution >= 4 is 17.9 Å². The fourth-order valence-electron chi connectivity index (χ4n) is 8.35. The summed E-state index contributed by atoms with van der Waals surface area (Å²) in [4.78, 5) is 38.0. The summed E-state index contributed by atoms with van der Waals surface area (Å²) in [7, 11) is 0. The number of ether oxygens (including phenoxy) is 3. The molecule has 0 radical (unpaired) electrons. The van der Waals surface area contributed by atoms with Crippen molar-refractivity contribution in [2.45, 2.75) is 284 Å². The molecule has 0 aliphatic carbocycles. The first-order valence-corrected chi connectivity index (χ1v) is 31.0. The molecular weight excluding hydrogens is 925 g/mol. The Bertz CT molecular complexity index is 1570. The molecule has 0 aromatic carbocycles. The number of allylic oxidation sites excluding steroid dienone is 20. The summed E-state index contributed by atoms with van der Waals surface area (Å²) in [5.41, 5.74) is 0. The largest absolute Gasteiger partial charge is 0.462 e. The fourth-order valence-corrected chi connectivity index (χ4v) is 8.35. The van der Waals surface area contributed by atoms with Crippen molar-refractivity contribution in [3.05, 3.63) is 122 Å². The van der Waals surface area contributed by atoms with Crippen LogP contribution in [0.25, 0.3) is 0 Å². The third-order valence-electron chi connectivity index (χ3n) is 13.0. The molecule has 426 valence electrons. The lowest BCUT2D eigenvalue weighted by atomic mass is 10.0. The molecule has 0 aromatic rings. The van der Waals surface area contributed by atoms with Gasteiger partial charge < -0.3 is 14.2 Å². The van der Waals surface area contributed by atoms with Crippen molar-refractivity contribution in [2.75, 3.05) is 13.2 Å². The van der Waals surface area contributed by atoms with Gasteiger partial charge in [0.25, 0.3) is 0 Å². The summed E-state index contributed by atoms with van der Waals surface area (Å²) in [6.45, 7) is 6.49. The summed E-state index contributed by atoms with van der Waals surface area (Å²) in [5.74, 6) is -0.910. The third kappa shape index (κ3) is 60.6. The second-order valence-corrected chi connectivity index (χ2v) is 20.2. The van der Waals surface area contributed by atoms with E-state index in [2.05, 4.69) is 142 Å². The molecule has 0 saturated carbocycles. The standard InChI is InChI=1S/C69H114O6/c1-4-7-10-13-16-19-21-23-24-25-26-27-28-29-30-31-32-33-34-35-36-37-38-39-40-41-42-43-44-46-47-50-53-56-59-62-68(71)74-65-66(64-73-67(70)61-58-55-52-49-18-15-12-9-6-3)75-69(72)63-60-57-54-51-48-45-22-20-17-14-11-8-5-2/h7,10,16,19,23-24,26-27,29-30,32-33,35-36,38-39,41-42,44,46,66H,4-6,8-9,11-15,17-18,20-22,25,28,31,34,37,40,43,45,47-65H2,1-3H3/b10-7-,19-16-,24-23-,27-26-,30-29-,33-32-,36-35-,39-38-,42-41-,46-44-. The van der Waals surface area contributed by atoms with Gasteiger partial charge >= 0.3 is 17.9 Å². The van der Waals surface area contributed by atoms with E-state index in [0.29, 0.717) is 19.3 Å². The highest BCUT2D eigenvalue weighted by Gasteiger charge is 2.19. The maximum Gasteiger partial charge on any atom is 0.306 e. The van der Waals surface area contributed by atoms with Gasteiger partial charge in [-0.2, -0.15) is 0 Å². The maximum atomic E-state index is 12.8. The lowest BCUT2D eigenvalue weighted by molar-refractivity contribution is -0.167. The minimum absolute atomic E-state index is 0.0840. The SMILES string of the molecule is CC/C=C\C/C=C\C/C=C\C/C=C\C/C=C\C/C=C\C/C=C\C/C=C\C/C=C\C/C=C\CCCCCCC(=O)OCC(COC(=O)CCCCCCCCCCC)OC(=O)CCCCCCCCCCCCCCC. The molecular formula is C69H114O6. The second kappa shape index (κ2) is 62.4. The van der Waals surface area contributed by atoms with Gasteiger partial charge in [0, 0.05) is 19.3 Å². The van der Waals surface area contributed by atoms with Gasteiger partial charge in [-0.15, -0.1) is 0 Å². The monoisotopic (exact) mass is 1040 g/mol. The molecule has 0 spiro atoms. The first-order chi connectivity index (χ1) is 37.0. The van der Waals surface area contributed by atoms with Gasteiger partial charge in [-0.05, 0) is 96.3 Å². The number of carbonyl (C=O) groups excluding carboxylic acids is 3. The van der Waals surface area contributed by atoms with Gasteiger partial charge in [-0.1, -0.05) is 284 Å². The molecule has 1 atom stereocenters. The van der Waals surface area contributed by atoms with E-state index >= 15 is 0 Å². The molecule has 0 saturated heterocycles. The molecule has 6 heteroatoms. The Balaban J connectivity index is 4.21. The summed E-state index contributed by atoms with van der Waals surface area (Å²) in [6.07, 6.45) is 86.4. The van der Waals surface area contributed by atoms with Crippen LogP contribution in [0.3, 0.4) is 0 Å². The van der Waals surface area contributed by atoms with Crippen molar-refractivity contribution in [3.8, 4) is 0 Å². The Morgan fingerprint density at radius 3 is 0.813 bits per heavy atom. The van der Waals surface area contributed by atoms with Gasteiger partial charge in [0.2, 0.25) is 0 Å². The fraction of sp³-hybridized carbons (Fsp3) is 0.667. The number of unbranched alkanes of at least 4 members (excludes halogenated alkanes) is 24. The van der Waals surface area contributed by atoms with Crippen LogP contribution in [0.5, 0.6) is 0 Å². The number of hydrogen-bond acceptors (Lipinski definition) is 6. The Morgan fingerprint density at radius 2 is 0.520 bits per heavy atom. The van der Waals surface area contributed by atoms with Crippen LogP contribution in [-0.4, -0.2) is 37.2 Å². The number of rotatable bonds is 55. The van der Waals surface area contributed by atoms with E-state index in [1.807, 2.05) is 0 Å². The predicted octanol–water partition coefficient (Wildman–Crippen LogP) is 21.2. The third-order valence-corrected chi connectivity index (χ3v) is 13.0. The molecule has 0 aromatic heterocycles. The molecule has 0 N–H and O–H groups in total. The first kappa shape index (κ1) is 70.8. The van der Waals surface area contributed by atoms with E-state index in [0.717, 1.165) is 135 Å². The normalized spacial score (nSPS) is 12.9. The molecule has 0 aliphatic heterocycles. The molecule has 6 nitrogen and oxygen atoms in total. The highest BCUT2D eigenvalue weighted by Crippen LogP contribution is 2.15. The first-order valence-electron chi connectivity index (χ1n) is 31.0. The van der Waals surface area contributed by atoms with Crippen molar-refractivity contribution in [2.24, 2.45) is 0 Å². The summed E-state index contributed by atoms with van der Waals surface area (Å²) in [6, 6.07) is 0. The lowest BCUT2D eigenvalue weighted by Crippen LogP contribution is -2.30. The van der Waals surface area contributed by atoms with Crippen molar-refractivity contribution in [3.63, 3.8) is 0 Å². The van der Waals surface area contributed by atoms with Crippen LogP contribution in [0.2, 0.25) is 0 Å². The second-order valence-electron chi connectivity index (χ2n) is 20.2. The van der Waals surface area contributed by atoms with E-state index in [-0.39, 0.29) is 31.1 Å². The molecule has 0 bridgehead atoms. The van der Waals surface area contributed by atoms with Crippen molar-refractivity contribution in [1.82, 2.24) is 0 Å². The Morgan fingerprint density at radius 1 is 0.280 bits per heavy atom. The van der Waals surface area contributed by atoms with E-state index < -0.39 is 6.10 Å². The average Bonchev–Trinajstić information content (AvgIpc) is 3.41. The van der Waals surface area contributed by atoms with Crippen molar-refractivity contribution in [1.29, 1.82) is 0 Å². The van der Waals surface area contributed by atoms with Crippen LogP contribution in [-0.2, 0) is 28.6 Å². The van der Waals surface area contributed by atoms with Gasteiger partial charge in [0.1, 0.15) is 13.2 Å². The average molecular weight is 1040 g/mol. The van der Waals surface area contributed by atoms with E-state index in [1.54, 1.807) is 0 Å². The number of esters is 3. The van der Waals surface area contributed by atoms with Gasteiger partial charge in [0.15, 0.2) is 6.10 Å². The highest BCUT2D eigenvalue weighted by atomic mass is 16.6. The predicted molar refractivity (Wildman–Crippen MR) is 325 cm³/mol. The van der Waals surface area contributed by atoms with Crippen molar-refractivity contribution < 1.29 is 28.6 Å². The molecule has 0 heterocycles. The van der Waals surface area contributed by atoms with Gasteiger partial charge in [0.05, 0.1) is 0 Å². The van der Waals surface area contributed by atoms with Crippen LogP contribution in [0.4, 0.5) is 0 Å². The molecule has 0 aliphatic rings. The van der Waals surface area contributed by atoms with Crippen LogP contribution < -0.4 is 0 Å². The molecule has 75 heavy (non-hydrogen) atoms. The minimum Gasteiger partial charge on any atom is -0.462 e. The number of hydrogen-bond donors (Lipinski definition) is 0. The smallest absolute Gasteiger partial charge is 0.306 e. The Labute approximate surface area is 462 Å². The van der Waals surface area contributed by atoms with E-state index in [4.69, 9.17) is 14.2 Å². The minimum atomic E-state index is -0.786. The molecule has 0 amide bonds. The zero-order chi connectivity index (χ0) is 54.3. The zero-order valence-electron chi connectivity index (χ0n) is 48.8. The summed E-state index contributed by atoms with van der Waals surface area (Å²) >= 11 is 0. The van der Waals surface area contributed by atoms with E-state index in [1.165, 1.54) is 103 Å². The summed E-state index contributed by atoms with van der Waals surface area (Å²) in [5, 5.41) is 0. The maximum absolute atomic E-state index is 12.8. The molecule has 0 rings (SSSR count). The van der Waals surface area contributed by atoms with Crippen LogP contribution in [0.1, 0.15) is 278 Å². The lowest BCUT2D eigenvalue weighted by Gasteiger charge is -2.18. The van der Waals surface area contributed by atoms with Crippen LogP contribution in [0, 0.1) is 0 Å². The number of carbonyl (C=O) groups is 3. The topological polar surface area (TPSA) is 78.9 Å². The quantitative estimate of drug-likeness (QED) is 0.0261. The van der Waals surface area contributed by atoms with Crippen LogP contribution in [0.15, 0.2) is 122 Å².